The van der Waals surface area contributed by atoms with Crippen molar-refractivity contribution in [3.63, 3.8) is 0 Å². The highest BCUT2D eigenvalue weighted by Gasteiger charge is 2.54. The smallest absolute Gasteiger partial charge is 0.338 e. The molecule has 236 valence electrons. The Morgan fingerprint density at radius 2 is 1.02 bits per heavy atom. The van der Waals surface area contributed by atoms with Crippen LogP contribution in [0.4, 0.5) is 0 Å². The molecule has 0 aliphatic carbocycles. The van der Waals surface area contributed by atoms with Gasteiger partial charge in [0, 0.05) is 0 Å². The molecule has 0 N–H and O–H groups in total. The summed E-state index contributed by atoms with van der Waals surface area (Å²) in [4.78, 5) is 52.9. The fourth-order valence-corrected chi connectivity index (χ4v) is 5.76. The molecule has 5 rings (SSSR count). The van der Waals surface area contributed by atoms with Gasteiger partial charge in [-0.1, -0.05) is 79.7 Å². The standard InChI is InChI=1S/C36H32O9S/c1-2-46-36-31(44-35(40)27-21-13-6-14-22-27)30(43-34(39)26-19-11-5-12-20-26)29(45-36)28(42-33(38)25-17-9-4-10-18-25)23-41-32(37)24-15-7-3-8-16-24/h3-22,28-31,36H,2,23H2,1H3/t28-,29+,30-,31+,36-/m0/s1. The molecule has 0 amide bonds. The molecule has 1 aliphatic heterocycles. The third-order valence-corrected chi connectivity index (χ3v) is 8.11. The monoisotopic (exact) mass is 640 g/mol. The Balaban J connectivity index is 1.49. The second kappa shape index (κ2) is 15.9. The van der Waals surface area contributed by atoms with Crippen LogP contribution in [0.3, 0.4) is 0 Å². The van der Waals surface area contributed by atoms with Gasteiger partial charge in [-0.3, -0.25) is 0 Å². The van der Waals surface area contributed by atoms with Gasteiger partial charge in [0.25, 0.3) is 0 Å². The third kappa shape index (κ3) is 8.21. The minimum Gasteiger partial charge on any atom is -0.458 e. The summed E-state index contributed by atoms with van der Waals surface area (Å²) in [5, 5.41) is 0. The average Bonchev–Trinajstić information content (AvgIpc) is 3.43. The van der Waals surface area contributed by atoms with Crippen LogP contribution in [0.5, 0.6) is 0 Å². The number of ether oxygens (including phenoxy) is 5. The van der Waals surface area contributed by atoms with Crippen LogP contribution >= 0.6 is 11.8 Å². The Bertz CT molecular complexity index is 1600. The molecule has 0 saturated carbocycles. The summed E-state index contributed by atoms with van der Waals surface area (Å²) in [5.41, 5.74) is 0.296. The zero-order valence-electron chi connectivity index (χ0n) is 24.9. The van der Waals surface area contributed by atoms with E-state index in [1.54, 1.807) is 121 Å². The fourth-order valence-electron chi connectivity index (χ4n) is 4.83. The van der Waals surface area contributed by atoms with Gasteiger partial charge in [-0.05, 0) is 54.3 Å². The highest BCUT2D eigenvalue weighted by Crippen LogP contribution is 2.37. The minimum atomic E-state index is -1.26. The summed E-state index contributed by atoms with van der Waals surface area (Å²) in [6, 6.07) is 33.3. The number of carbonyl (C=O) groups is 4. The van der Waals surface area contributed by atoms with Gasteiger partial charge in [0.2, 0.25) is 0 Å². The quantitative estimate of drug-likeness (QED) is 0.135. The molecule has 1 fully saturated rings. The highest BCUT2D eigenvalue weighted by molar-refractivity contribution is 7.99. The topological polar surface area (TPSA) is 114 Å². The predicted octanol–water partition coefficient (Wildman–Crippen LogP) is 6.00. The molecule has 0 unspecified atom stereocenters. The average molecular weight is 641 g/mol. The predicted molar refractivity (Wildman–Crippen MR) is 170 cm³/mol. The molecule has 0 spiro atoms. The number of benzene rings is 4. The van der Waals surface area contributed by atoms with Crippen molar-refractivity contribution in [2.75, 3.05) is 12.4 Å². The minimum absolute atomic E-state index is 0.254. The molecule has 10 heteroatoms. The van der Waals surface area contributed by atoms with E-state index in [1.165, 1.54) is 11.8 Å². The Kier molecular flexibility index (Phi) is 11.2. The van der Waals surface area contributed by atoms with E-state index in [0.717, 1.165) is 0 Å². The first-order valence-electron chi connectivity index (χ1n) is 14.7. The van der Waals surface area contributed by atoms with Crippen LogP contribution in [-0.4, -0.2) is 66.1 Å². The van der Waals surface area contributed by atoms with Crippen LogP contribution in [0.1, 0.15) is 48.4 Å². The molecule has 0 bridgehead atoms. The summed E-state index contributed by atoms with van der Waals surface area (Å²) in [6.07, 6.45) is -4.78. The van der Waals surface area contributed by atoms with Gasteiger partial charge in [0.05, 0.1) is 22.3 Å². The van der Waals surface area contributed by atoms with E-state index in [4.69, 9.17) is 23.7 Å². The number of carbonyl (C=O) groups excluding carboxylic acids is 4. The van der Waals surface area contributed by atoms with Crippen LogP contribution in [0.25, 0.3) is 0 Å². The van der Waals surface area contributed by atoms with Gasteiger partial charge in [-0.2, -0.15) is 0 Å². The lowest BCUT2D eigenvalue weighted by Gasteiger charge is -2.28. The Hall–Kier alpha value is -4.93. The molecule has 0 radical (unpaired) electrons. The van der Waals surface area contributed by atoms with Gasteiger partial charge in [0.1, 0.15) is 18.1 Å². The molecule has 5 atom stereocenters. The van der Waals surface area contributed by atoms with Crippen LogP contribution in [0.15, 0.2) is 121 Å². The van der Waals surface area contributed by atoms with Crippen molar-refractivity contribution in [3.8, 4) is 0 Å². The summed E-state index contributed by atoms with van der Waals surface area (Å²) >= 11 is 1.33. The number of hydrogen-bond donors (Lipinski definition) is 0. The van der Waals surface area contributed by atoms with Gasteiger partial charge >= 0.3 is 23.9 Å². The van der Waals surface area contributed by atoms with E-state index in [1.807, 2.05) is 6.92 Å². The van der Waals surface area contributed by atoms with Gasteiger partial charge in [0.15, 0.2) is 18.3 Å². The maximum Gasteiger partial charge on any atom is 0.338 e. The van der Waals surface area contributed by atoms with Crippen molar-refractivity contribution in [2.45, 2.75) is 36.8 Å². The maximum atomic E-state index is 13.4. The van der Waals surface area contributed by atoms with E-state index in [9.17, 15) is 19.2 Å². The van der Waals surface area contributed by atoms with Crippen molar-refractivity contribution in [2.24, 2.45) is 0 Å². The zero-order chi connectivity index (χ0) is 32.3. The summed E-state index contributed by atoms with van der Waals surface area (Å²) in [7, 11) is 0. The van der Waals surface area contributed by atoms with E-state index in [2.05, 4.69) is 0 Å². The van der Waals surface area contributed by atoms with Gasteiger partial charge in [-0.25, -0.2) is 19.2 Å². The number of esters is 4. The van der Waals surface area contributed by atoms with E-state index >= 15 is 0 Å². The lowest BCUT2D eigenvalue weighted by molar-refractivity contribution is -0.0899. The van der Waals surface area contributed by atoms with E-state index < -0.39 is 60.3 Å². The molecule has 0 aromatic heterocycles. The lowest BCUT2D eigenvalue weighted by Crippen LogP contribution is -2.47. The highest BCUT2D eigenvalue weighted by atomic mass is 32.2. The first-order valence-corrected chi connectivity index (χ1v) is 15.8. The molecule has 1 heterocycles. The van der Waals surface area contributed by atoms with Gasteiger partial charge < -0.3 is 23.7 Å². The fraction of sp³-hybridized carbons (Fsp3) is 0.222. The van der Waals surface area contributed by atoms with E-state index in [-0.39, 0.29) is 11.1 Å². The Morgan fingerprint density at radius 1 is 0.609 bits per heavy atom. The van der Waals surface area contributed by atoms with Crippen LogP contribution in [0.2, 0.25) is 0 Å². The molecule has 1 saturated heterocycles. The van der Waals surface area contributed by atoms with Crippen molar-refractivity contribution in [1.29, 1.82) is 0 Å². The summed E-state index contributed by atoms with van der Waals surface area (Å²) in [6.45, 7) is 1.47. The molecule has 1 aliphatic rings. The number of rotatable bonds is 12. The van der Waals surface area contributed by atoms with Crippen molar-refractivity contribution < 1.29 is 42.9 Å². The maximum absolute atomic E-state index is 13.4. The normalized spacial score (nSPS) is 19.4. The number of thioether (sulfide) groups is 1. The second-order valence-corrected chi connectivity index (χ2v) is 11.5. The first kappa shape index (κ1) is 32.5. The molecule has 4 aromatic carbocycles. The molecule has 46 heavy (non-hydrogen) atoms. The first-order chi connectivity index (χ1) is 22.4. The Labute approximate surface area is 270 Å². The lowest BCUT2D eigenvalue weighted by atomic mass is 10.1. The summed E-state index contributed by atoms with van der Waals surface area (Å²) < 4.78 is 29.9. The van der Waals surface area contributed by atoms with E-state index in [0.29, 0.717) is 16.9 Å². The van der Waals surface area contributed by atoms with Crippen molar-refractivity contribution in [1.82, 2.24) is 0 Å². The van der Waals surface area contributed by atoms with Crippen molar-refractivity contribution >= 4 is 35.6 Å². The van der Waals surface area contributed by atoms with Crippen LogP contribution in [0, 0.1) is 0 Å². The molecule has 9 nitrogen and oxygen atoms in total. The third-order valence-electron chi connectivity index (χ3n) is 7.07. The van der Waals surface area contributed by atoms with Gasteiger partial charge in [-0.15, -0.1) is 11.8 Å². The largest absolute Gasteiger partial charge is 0.458 e. The molecular weight excluding hydrogens is 608 g/mol. The SMILES string of the molecule is CCS[C@@H]1O[C@H]([C@H](COC(=O)c2ccccc2)OC(=O)c2ccccc2)[C@H](OC(=O)c2ccccc2)[C@H]1OC(=O)c1ccccc1. The van der Waals surface area contributed by atoms with Crippen molar-refractivity contribution in [3.05, 3.63) is 144 Å². The molecular formula is C36H32O9S. The second-order valence-electron chi connectivity index (χ2n) is 10.2. The zero-order valence-corrected chi connectivity index (χ0v) is 25.7. The van der Waals surface area contributed by atoms with Crippen LogP contribution in [-0.2, 0) is 23.7 Å². The number of hydrogen-bond acceptors (Lipinski definition) is 10. The Morgan fingerprint density at radius 3 is 1.48 bits per heavy atom. The van der Waals surface area contributed by atoms with Crippen LogP contribution < -0.4 is 0 Å². The summed E-state index contributed by atoms with van der Waals surface area (Å²) in [5.74, 6) is -2.14. The molecule has 4 aromatic rings.